The molecular formula is C22H26Cl2N6O. The van der Waals surface area contributed by atoms with Gasteiger partial charge < -0.3 is 20.1 Å². The number of nitrogens with one attached hydrogen (secondary N) is 2. The molecular weight excluding hydrogens is 435 g/mol. The zero-order valence-corrected chi connectivity index (χ0v) is 19.0. The highest BCUT2D eigenvalue weighted by Crippen LogP contribution is 2.28. The van der Waals surface area contributed by atoms with E-state index in [4.69, 9.17) is 23.2 Å². The fourth-order valence-corrected chi connectivity index (χ4v) is 4.70. The van der Waals surface area contributed by atoms with E-state index in [-0.39, 0.29) is 18.5 Å². The van der Waals surface area contributed by atoms with Gasteiger partial charge in [0.2, 0.25) is 5.91 Å². The fourth-order valence-electron chi connectivity index (χ4n) is 4.17. The van der Waals surface area contributed by atoms with E-state index >= 15 is 0 Å². The third-order valence-corrected chi connectivity index (χ3v) is 6.00. The highest BCUT2D eigenvalue weighted by Gasteiger charge is 2.29. The van der Waals surface area contributed by atoms with Gasteiger partial charge in [-0.05, 0) is 43.5 Å². The molecule has 9 heteroatoms. The summed E-state index contributed by atoms with van der Waals surface area (Å²) in [7, 11) is 0. The van der Waals surface area contributed by atoms with Crippen LogP contribution in [0.1, 0.15) is 26.2 Å². The number of fused-ring (bicyclic) bond motifs is 1. The van der Waals surface area contributed by atoms with Crippen molar-refractivity contribution in [3.05, 3.63) is 46.8 Å². The second-order valence-corrected chi connectivity index (χ2v) is 8.65. The van der Waals surface area contributed by atoms with E-state index in [0.29, 0.717) is 16.6 Å². The molecule has 164 valence electrons. The number of halogens is 2. The number of aromatic nitrogens is 3. The average molecular weight is 461 g/mol. The third kappa shape index (κ3) is 5.05. The van der Waals surface area contributed by atoms with Crippen molar-refractivity contribution in [2.24, 2.45) is 0 Å². The molecule has 31 heavy (non-hydrogen) atoms. The van der Waals surface area contributed by atoms with E-state index in [1.807, 2.05) is 17.2 Å². The van der Waals surface area contributed by atoms with Crippen molar-refractivity contribution in [2.45, 2.75) is 32.2 Å². The zero-order chi connectivity index (χ0) is 21.8. The minimum absolute atomic E-state index is 0.0618. The normalized spacial score (nSPS) is 16.5. The summed E-state index contributed by atoms with van der Waals surface area (Å²) in [5.41, 5.74) is 1.57. The molecule has 1 amide bonds. The number of anilines is 2. The molecule has 0 spiro atoms. The number of benzene rings is 1. The summed E-state index contributed by atoms with van der Waals surface area (Å²) in [5, 5.41) is 5.24. The number of piperidine rings is 1. The van der Waals surface area contributed by atoms with E-state index in [9.17, 15) is 4.79 Å². The first-order chi connectivity index (χ1) is 15.0. The van der Waals surface area contributed by atoms with Gasteiger partial charge in [-0.3, -0.25) is 4.79 Å². The Morgan fingerprint density at radius 1 is 1.29 bits per heavy atom. The molecule has 4 rings (SSSR count). The van der Waals surface area contributed by atoms with Crippen LogP contribution in [0.15, 0.2) is 36.8 Å². The quantitative estimate of drug-likeness (QED) is 0.539. The predicted molar refractivity (Wildman–Crippen MR) is 126 cm³/mol. The maximum absolute atomic E-state index is 12.9. The maximum Gasteiger partial charge on any atom is 0.241 e. The molecule has 7 nitrogen and oxygen atoms in total. The minimum atomic E-state index is 0.0618. The van der Waals surface area contributed by atoms with Gasteiger partial charge >= 0.3 is 0 Å². The van der Waals surface area contributed by atoms with Crippen LogP contribution in [0, 0.1) is 0 Å². The lowest BCUT2D eigenvalue weighted by atomic mass is 10.0. The number of aromatic amines is 1. The minimum Gasteiger partial charge on any atom is -0.376 e. The molecule has 2 aromatic heterocycles. The first-order valence-electron chi connectivity index (χ1n) is 10.6. The van der Waals surface area contributed by atoms with Crippen molar-refractivity contribution in [1.82, 2.24) is 19.9 Å². The molecule has 3 heterocycles. The smallest absolute Gasteiger partial charge is 0.241 e. The number of hydrogen-bond donors (Lipinski definition) is 2. The topological polar surface area (TPSA) is 77.2 Å². The Morgan fingerprint density at radius 3 is 2.87 bits per heavy atom. The number of likely N-dealkylation sites (tertiary alicyclic amines) is 1. The number of amides is 1. The Balaban J connectivity index is 1.46. The SMILES string of the molecule is CCCN(c1ncnc2[nH]ccc12)[C@H]1CCCN(C(=O)CNc2cc(Cl)cc(Cl)c2)C1. The van der Waals surface area contributed by atoms with Gasteiger partial charge in [0, 0.05) is 47.6 Å². The Morgan fingerprint density at radius 2 is 2.10 bits per heavy atom. The first kappa shape index (κ1) is 21.7. The van der Waals surface area contributed by atoms with Gasteiger partial charge in [-0.1, -0.05) is 30.1 Å². The Labute approximate surface area is 191 Å². The molecule has 0 aliphatic carbocycles. The molecule has 3 aromatic rings. The second kappa shape index (κ2) is 9.75. The van der Waals surface area contributed by atoms with E-state index in [1.54, 1.807) is 24.5 Å². The van der Waals surface area contributed by atoms with Crippen molar-refractivity contribution < 1.29 is 4.79 Å². The third-order valence-electron chi connectivity index (χ3n) is 5.57. The molecule has 2 N–H and O–H groups in total. The van der Waals surface area contributed by atoms with Crippen LogP contribution >= 0.6 is 23.2 Å². The monoisotopic (exact) mass is 460 g/mol. The molecule has 1 aliphatic rings. The number of hydrogen-bond acceptors (Lipinski definition) is 5. The van der Waals surface area contributed by atoms with Crippen LogP contribution in [0.3, 0.4) is 0 Å². The Bertz CT molecular complexity index is 1040. The largest absolute Gasteiger partial charge is 0.376 e. The number of H-pyrrole nitrogens is 1. The van der Waals surface area contributed by atoms with Crippen molar-refractivity contribution >= 4 is 51.6 Å². The highest BCUT2D eigenvalue weighted by atomic mass is 35.5. The maximum atomic E-state index is 12.9. The lowest BCUT2D eigenvalue weighted by Crippen LogP contribution is -2.51. The van der Waals surface area contributed by atoms with Gasteiger partial charge in [0.25, 0.3) is 0 Å². The molecule has 0 radical (unpaired) electrons. The number of nitrogens with zero attached hydrogens (tertiary/aromatic N) is 4. The van der Waals surface area contributed by atoms with Crippen LogP contribution < -0.4 is 10.2 Å². The predicted octanol–water partition coefficient (Wildman–Crippen LogP) is 4.58. The summed E-state index contributed by atoms with van der Waals surface area (Å²) in [4.78, 5) is 29.3. The van der Waals surface area contributed by atoms with Crippen LogP contribution in [0.2, 0.25) is 10.0 Å². The molecule has 1 aromatic carbocycles. The molecule has 0 unspecified atom stereocenters. The second-order valence-electron chi connectivity index (χ2n) is 7.78. The standard InChI is InChI=1S/C22H26Cl2N6O/c1-2-7-30(22-19-5-6-25-21(19)27-14-28-22)18-4-3-8-29(13-18)20(31)12-26-17-10-15(23)9-16(24)11-17/h5-6,9-11,14,18,26H,2-4,7-8,12-13H2,1H3,(H,25,27,28)/t18-/m0/s1. The average Bonchev–Trinajstić information content (AvgIpc) is 3.24. The fraction of sp³-hybridized carbons (Fsp3) is 0.409. The summed E-state index contributed by atoms with van der Waals surface area (Å²) in [6.45, 7) is 4.67. The molecule has 1 fully saturated rings. The molecule has 0 bridgehead atoms. The van der Waals surface area contributed by atoms with Crippen LogP contribution in [0.25, 0.3) is 11.0 Å². The lowest BCUT2D eigenvalue weighted by Gasteiger charge is -2.40. The van der Waals surface area contributed by atoms with E-state index in [1.165, 1.54) is 0 Å². The summed E-state index contributed by atoms with van der Waals surface area (Å²) in [5.74, 6) is 0.991. The van der Waals surface area contributed by atoms with Gasteiger partial charge in [-0.15, -0.1) is 0 Å². The van der Waals surface area contributed by atoms with Crippen LogP contribution in [-0.2, 0) is 4.79 Å². The lowest BCUT2D eigenvalue weighted by molar-refractivity contribution is -0.130. The summed E-state index contributed by atoms with van der Waals surface area (Å²) in [6, 6.07) is 7.42. The molecule has 0 saturated carbocycles. The Kier molecular flexibility index (Phi) is 6.83. The van der Waals surface area contributed by atoms with E-state index in [0.717, 1.165) is 54.9 Å². The zero-order valence-electron chi connectivity index (χ0n) is 17.4. The van der Waals surface area contributed by atoms with Crippen molar-refractivity contribution in [1.29, 1.82) is 0 Å². The highest BCUT2D eigenvalue weighted by molar-refractivity contribution is 6.35. The van der Waals surface area contributed by atoms with Gasteiger partial charge in [-0.25, -0.2) is 9.97 Å². The summed E-state index contributed by atoms with van der Waals surface area (Å²) < 4.78 is 0. The number of carbonyl (C=O) groups is 1. The van der Waals surface area contributed by atoms with Crippen molar-refractivity contribution in [3.63, 3.8) is 0 Å². The van der Waals surface area contributed by atoms with E-state index < -0.39 is 0 Å². The molecule has 1 saturated heterocycles. The van der Waals surface area contributed by atoms with Crippen molar-refractivity contribution in [3.8, 4) is 0 Å². The number of rotatable bonds is 7. The van der Waals surface area contributed by atoms with Gasteiger partial charge in [-0.2, -0.15) is 0 Å². The molecule has 1 aliphatic heterocycles. The van der Waals surface area contributed by atoms with Gasteiger partial charge in [0.15, 0.2) is 0 Å². The van der Waals surface area contributed by atoms with Gasteiger partial charge in [0.05, 0.1) is 11.9 Å². The van der Waals surface area contributed by atoms with Crippen molar-refractivity contribution in [2.75, 3.05) is 36.4 Å². The molecule has 1 atom stereocenters. The van der Waals surface area contributed by atoms with Crippen LogP contribution in [0.5, 0.6) is 0 Å². The number of carbonyl (C=O) groups excluding carboxylic acids is 1. The first-order valence-corrected chi connectivity index (χ1v) is 11.3. The van der Waals surface area contributed by atoms with Crippen LogP contribution in [-0.4, -0.2) is 58.0 Å². The van der Waals surface area contributed by atoms with Gasteiger partial charge in [0.1, 0.15) is 17.8 Å². The van der Waals surface area contributed by atoms with Crippen LogP contribution in [0.4, 0.5) is 11.5 Å². The summed E-state index contributed by atoms with van der Waals surface area (Å²) in [6.07, 6.45) is 6.47. The van der Waals surface area contributed by atoms with E-state index in [2.05, 4.69) is 32.1 Å². The summed E-state index contributed by atoms with van der Waals surface area (Å²) >= 11 is 12.1. The Hall–Kier alpha value is -2.51.